The molecule has 1 N–H and O–H groups in total. The van der Waals surface area contributed by atoms with Gasteiger partial charge in [-0.2, -0.15) is 10.4 Å². The van der Waals surface area contributed by atoms with Crippen molar-refractivity contribution in [3.8, 4) is 17.7 Å². The van der Waals surface area contributed by atoms with E-state index in [1.807, 2.05) is 6.07 Å². The molecule has 0 fully saturated rings. The number of rotatable bonds is 5. The highest BCUT2D eigenvalue weighted by molar-refractivity contribution is 5.56. The standard InChI is InChI=1S/C17H16N4O3/c1-4-9-21-16(22)14(10-18)11(2)15(17(21)23)20-19-12-5-7-13(24-3)8-6-12/h4-8,22H,1,9H2,2-3H3. The van der Waals surface area contributed by atoms with Crippen LogP contribution in [0.25, 0.3) is 0 Å². The van der Waals surface area contributed by atoms with Crippen LogP contribution in [-0.4, -0.2) is 16.8 Å². The molecule has 122 valence electrons. The van der Waals surface area contributed by atoms with E-state index in [2.05, 4.69) is 16.8 Å². The van der Waals surface area contributed by atoms with Gasteiger partial charge in [0.1, 0.15) is 17.4 Å². The van der Waals surface area contributed by atoms with Crippen molar-refractivity contribution < 1.29 is 9.84 Å². The highest BCUT2D eigenvalue weighted by atomic mass is 16.5. The number of azo groups is 1. The van der Waals surface area contributed by atoms with Crippen molar-refractivity contribution in [2.24, 2.45) is 10.2 Å². The fourth-order valence-electron chi connectivity index (χ4n) is 2.11. The highest BCUT2D eigenvalue weighted by Crippen LogP contribution is 2.27. The molecule has 0 aliphatic rings. The number of ether oxygens (including phenoxy) is 1. The Balaban J connectivity index is 2.54. The Hall–Kier alpha value is -3.40. The zero-order valence-electron chi connectivity index (χ0n) is 13.4. The van der Waals surface area contributed by atoms with E-state index in [0.29, 0.717) is 11.4 Å². The molecule has 2 rings (SSSR count). The van der Waals surface area contributed by atoms with E-state index >= 15 is 0 Å². The fourth-order valence-corrected chi connectivity index (χ4v) is 2.11. The van der Waals surface area contributed by atoms with Gasteiger partial charge in [-0.3, -0.25) is 9.36 Å². The van der Waals surface area contributed by atoms with E-state index in [9.17, 15) is 15.2 Å². The molecule has 0 atom stereocenters. The third-order valence-electron chi connectivity index (χ3n) is 3.42. The van der Waals surface area contributed by atoms with E-state index in [0.717, 1.165) is 4.57 Å². The molecule has 0 saturated heterocycles. The molecule has 0 aliphatic carbocycles. The van der Waals surface area contributed by atoms with Gasteiger partial charge in [-0.25, -0.2) is 0 Å². The lowest BCUT2D eigenvalue weighted by atomic mass is 10.1. The number of methoxy groups -OCH3 is 1. The number of nitriles is 1. The summed E-state index contributed by atoms with van der Waals surface area (Å²) in [4.78, 5) is 12.5. The van der Waals surface area contributed by atoms with Gasteiger partial charge in [0.2, 0.25) is 5.88 Å². The monoisotopic (exact) mass is 324 g/mol. The summed E-state index contributed by atoms with van der Waals surface area (Å²) in [6.45, 7) is 5.14. The van der Waals surface area contributed by atoms with Crippen molar-refractivity contribution in [1.82, 2.24) is 4.57 Å². The summed E-state index contributed by atoms with van der Waals surface area (Å²) in [5.74, 6) is 0.276. The number of allylic oxidation sites excluding steroid dienone is 1. The Morgan fingerprint density at radius 1 is 1.38 bits per heavy atom. The molecule has 0 bridgehead atoms. The molecule has 7 heteroatoms. The average Bonchev–Trinajstić information content (AvgIpc) is 2.59. The summed E-state index contributed by atoms with van der Waals surface area (Å²) in [7, 11) is 1.56. The fraction of sp³-hybridized carbons (Fsp3) is 0.176. The molecule has 0 aliphatic heterocycles. The van der Waals surface area contributed by atoms with E-state index in [4.69, 9.17) is 4.74 Å². The first-order valence-electron chi connectivity index (χ1n) is 7.06. The van der Waals surface area contributed by atoms with Crippen LogP contribution in [0.1, 0.15) is 11.1 Å². The molecule has 7 nitrogen and oxygen atoms in total. The lowest BCUT2D eigenvalue weighted by Crippen LogP contribution is -2.21. The van der Waals surface area contributed by atoms with Gasteiger partial charge in [0.15, 0.2) is 5.69 Å². The lowest BCUT2D eigenvalue weighted by Gasteiger charge is -2.11. The highest BCUT2D eigenvalue weighted by Gasteiger charge is 2.18. The van der Waals surface area contributed by atoms with Crippen molar-refractivity contribution in [1.29, 1.82) is 5.26 Å². The molecule has 1 heterocycles. The summed E-state index contributed by atoms with van der Waals surface area (Å²) >= 11 is 0. The maximum atomic E-state index is 12.5. The number of nitrogens with zero attached hydrogens (tertiary/aromatic N) is 4. The van der Waals surface area contributed by atoms with Crippen LogP contribution in [0, 0.1) is 18.3 Å². The van der Waals surface area contributed by atoms with Crippen molar-refractivity contribution in [2.45, 2.75) is 13.5 Å². The van der Waals surface area contributed by atoms with Gasteiger partial charge < -0.3 is 9.84 Å². The van der Waals surface area contributed by atoms with Crippen molar-refractivity contribution in [3.05, 3.63) is 58.4 Å². The first kappa shape index (κ1) is 17.0. The van der Waals surface area contributed by atoms with Crippen LogP contribution in [-0.2, 0) is 6.54 Å². The minimum Gasteiger partial charge on any atom is -0.497 e. The maximum Gasteiger partial charge on any atom is 0.281 e. The zero-order valence-corrected chi connectivity index (χ0v) is 13.4. The number of pyridine rings is 1. The SMILES string of the molecule is C=CCn1c(O)c(C#N)c(C)c(N=Nc2ccc(OC)cc2)c1=O. The number of hydrogen-bond donors (Lipinski definition) is 1. The van der Waals surface area contributed by atoms with Crippen LogP contribution >= 0.6 is 0 Å². The van der Waals surface area contributed by atoms with Gasteiger partial charge in [0.05, 0.1) is 12.8 Å². The second-order valence-corrected chi connectivity index (χ2v) is 4.89. The van der Waals surface area contributed by atoms with Gasteiger partial charge in [-0.05, 0) is 31.2 Å². The molecule has 0 spiro atoms. The van der Waals surface area contributed by atoms with Crippen molar-refractivity contribution in [2.75, 3.05) is 7.11 Å². The minimum atomic E-state index is -0.541. The first-order valence-corrected chi connectivity index (χ1v) is 7.06. The van der Waals surface area contributed by atoms with Crippen LogP contribution in [0.2, 0.25) is 0 Å². The molecule has 24 heavy (non-hydrogen) atoms. The predicted octanol–water partition coefficient (Wildman–Crippen LogP) is 3.34. The summed E-state index contributed by atoms with van der Waals surface area (Å²) < 4.78 is 6.09. The maximum absolute atomic E-state index is 12.5. The van der Waals surface area contributed by atoms with Gasteiger partial charge >= 0.3 is 0 Å². The molecule has 1 aromatic carbocycles. The van der Waals surface area contributed by atoms with Gasteiger partial charge in [-0.1, -0.05) is 6.08 Å². The number of aromatic hydroxyl groups is 1. The van der Waals surface area contributed by atoms with E-state index < -0.39 is 11.4 Å². The zero-order chi connectivity index (χ0) is 17.7. The van der Waals surface area contributed by atoms with Gasteiger partial charge in [0.25, 0.3) is 5.56 Å². The largest absolute Gasteiger partial charge is 0.497 e. The predicted molar refractivity (Wildman–Crippen MR) is 89.2 cm³/mol. The van der Waals surface area contributed by atoms with Gasteiger partial charge in [0, 0.05) is 12.1 Å². The smallest absolute Gasteiger partial charge is 0.281 e. The molecular weight excluding hydrogens is 308 g/mol. The topological polar surface area (TPSA) is 100.0 Å². The van der Waals surface area contributed by atoms with E-state index in [-0.39, 0.29) is 23.4 Å². The Bertz CT molecular complexity index is 890. The third-order valence-corrected chi connectivity index (χ3v) is 3.42. The first-order chi connectivity index (χ1) is 11.5. The van der Waals surface area contributed by atoms with Crippen LogP contribution in [0.5, 0.6) is 11.6 Å². The Labute approximate surface area is 138 Å². The summed E-state index contributed by atoms with van der Waals surface area (Å²) in [6, 6.07) is 8.69. The summed E-state index contributed by atoms with van der Waals surface area (Å²) in [5, 5.41) is 27.3. The lowest BCUT2D eigenvalue weighted by molar-refractivity contribution is 0.414. The van der Waals surface area contributed by atoms with Crippen molar-refractivity contribution in [3.63, 3.8) is 0 Å². The second kappa shape index (κ2) is 7.24. The van der Waals surface area contributed by atoms with Gasteiger partial charge in [-0.15, -0.1) is 11.7 Å². The van der Waals surface area contributed by atoms with Crippen LogP contribution in [0.3, 0.4) is 0 Å². The molecule has 0 unspecified atom stereocenters. The summed E-state index contributed by atoms with van der Waals surface area (Å²) in [6.07, 6.45) is 1.45. The van der Waals surface area contributed by atoms with E-state index in [1.54, 1.807) is 38.3 Å². The average molecular weight is 324 g/mol. The molecule has 2 aromatic rings. The normalized spacial score (nSPS) is 10.5. The molecule has 1 aromatic heterocycles. The number of hydrogen-bond acceptors (Lipinski definition) is 6. The third kappa shape index (κ3) is 3.17. The number of benzene rings is 1. The Kier molecular flexibility index (Phi) is 5.12. The minimum absolute atomic E-state index is 0.00187. The molecular formula is C17H16N4O3. The van der Waals surface area contributed by atoms with Crippen molar-refractivity contribution >= 4 is 11.4 Å². The molecule has 0 amide bonds. The van der Waals surface area contributed by atoms with Crippen LogP contribution in [0.4, 0.5) is 11.4 Å². The quantitative estimate of drug-likeness (QED) is 0.673. The Morgan fingerprint density at radius 2 is 2.04 bits per heavy atom. The van der Waals surface area contributed by atoms with E-state index in [1.165, 1.54) is 6.08 Å². The van der Waals surface area contributed by atoms with Crippen LogP contribution in [0.15, 0.2) is 51.9 Å². The molecule has 0 saturated carbocycles. The second-order valence-electron chi connectivity index (χ2n) is 4.89. The van der Waals surface area contributed by atoms with Crippen LogP contribution < -0.4 is 10.3 Å². The summed E-state index contributed by atoms with van der Waals surface area (Å²) in [5.41, 5.74) is 0.248. The number of aromatic nitrogens is 1. The molecule has 0 radical (unpaired) electrons. The Morgan fingerprint density at radius 3 is 2.58 bits per heavy atom.